The van der Waals surface area contributed by atoms with Crippen LogP contribution in [0.4, 0.5) is 0 Å². The molecule has 7 heteroatoms. The molecule has 2 atom stereocenters. The van der Waals surface area contributed by atoms with Crippen molar-refractivity contribution in [1.29, 1.82) is 0 Å². The minimum Gasteiger partial charge on any atom is -0.339 e. The predicted molar refractivity (Wildman–Crippen MR) is 119 cm³/mol. The van der Waals surface area contributed by atoms with Crippen LogP contribution >= 0.6 is 12.4 Å². The molecule has 0 radical (unpaired) electrons. The molecule has 0 unspecified atom stereocenters. The quantitative estimate of drug-likeness (QED) is 0.670. The molecule has 2 fully saturated rings. The van der Waals surface area contributed by atoms with E-state index < -0.39 is 0 Å². The van der Waals surface area contributed by atoms with Crippen molar-refractivity contribution in [1.82, 2.24) is 20.4 Å². The first kappa shape index (κ1) is 20.8. The van der Waals surface area contributed by atoms with E-state index in [0.29, 0.717) is 28.8 Å². The zero-order chi connectivity index (χ0) is 20.0. The fraction of sp³-hybridized carbons (Fsp3) is 0.435. The lowest BCUT2D eigenvalue weighted by molar-refractivity contribution is 0.0760. The van der Waals surface area contributed by atoms with Crippen molar-refractivity contribution in [3.8, 4) is 11.3 Å². The highest BCUT2D eigenvalue weighted by Crippen LogP contribution is 2.31. The Hall–Kier alpha value is -2.44. The highest BCUT2D eigenvalue weighted by atomic mass is 35.5. The Morgan fingerprint density at radius 2 is 1.77 bits per heavy atom. The Bertz CT molecular complexity index is 1050. The summed E-state index contributed by atoms with van der Waals surface area (Å²) in [4.78, 5) is 20.2. The van der Waals surface area contributed by atoms with Crippen molar-refractivity contribution in [3.63, 3.8) is 0 Å². The summed E-state index contributed by atoms with van der Waals surface area (Å²) in [6.45, 7) is 7.68. The average Bonchev–Trinajstić information content (AvgIpc) is 3.28. The Morgan fingerprint density at radius 1 is 1.10 bits per heavy atom. The smallest absolute Gasteiger partial charge is 0.259 e. The number of benzene rings is 1. The molecule has 4 heterocycles. The molecular formula is C23H27ClN4O2. The number of carbonyl (C=O) groups is 1. The van der Waals surface area contributed by atoms with E-state index in [9.17, 15) is 4.79 Å². The van der Waals surface area contributed by atoms with Gasteiger partial charge in [-0.2, -0.15) is 0 Å². The van der Waals surface area contributed by atoms with Gasteiger partial charge in [0.2, 0.25) is 0 Å². The molecule has 0 aliphatic carbocycles. The number of hydrogen-bond donors (Lipinski definition) is 1. The monoisotopic (exact) mass is 426 g/mol. The summed E-state index contributed by atoms with van der Waals surface area (Å²) in [5, 5.41) is 8.31. The van der Waals surface area contributed by atoms with Gasteiger partial charge in [-0.05, 0) is 57.7 Å². The van der Waals surface area contributed by atoms with E-state index in [1.54, 1.807) is 0 Å². The summed E-state index contributed by atoms with van der Waals surface area (Å²) in [5.41, 5.74) is 4.69. The lowest BCUT2D eigenvalue weighted by atomic mass is 9.92. The topological polar surface area (TPSA) is 71.3 Å². The Kier molecular flexibility index (Phi) is 5.80. The van der Waals surface area contributed by atoms with Gasteiger partial charge in [0, 0.05) is 18.7 Å². The average molecular weight is 427 g/mol. The van der Waals surface area contributed by atoms with E-state index in [4.69, 9.17) is 4.52 Å². The number of hydrogen-bond acceptors (Lipinski definition) is 5. The maximum absolute atomic E-state index is 13.6. The number of aryl methyl sites for hydroxylation is 2. The van der Waals surface area contributed by atoms with E-state index in [2.05, 4.69) is 34.5 Å². The number of halogens is 1. The molecule has 0 bridgehead atoms. The SMILES string of the molecule is Cc1ccc(-c2cc(C(=O)N3CC[C@@H]4CNC[C@@H]4CC3)c3c(C)noc3n2)cc1.Cl. The van der Waals surface area contributed by atoms with Crippen LogP contribution in [0.1, 0.15) is 34.5 Å². The van der Waals surface area contributed by atoms with Crippen LogP contribution in [0, 0.1) is 25.7 Å². The minimum atomic E-state index is 0. The van der Waals surface area contributed by atoms with Gasteiger partial charge in [-0.25, -0.2) is 4.98 Å². The molecule has 3 aromatic rings. The number of nitrogens with one attached hydrogen (secondary N) is 1. The zero-order valence-corrected chi connectivity index (χ0v) is 18.2. The van der Waals surface area contributed by atoms with Crippen LogP contribution in [0.5, 0.6) is 0 Å². The Balaban J connectivity index is 0.00000218. The molecule has 6 nitrogen and oxygen atoms in total. The Morgan fingerprint density at radius 3 is 2.43 bits per heavy atom. The molecule has 1 amide bonds. The second-order valence-electron chi connectivity index (χ2n) is 8.42. The number of aromatic nitrogens is 2. The summed E-state index contributed by atoms with van der Waals surface area (Å²) in [5.74, 6) is 1.43. The molecule has 158 valence electrons. The van der Waals surface area contributed by atoms with Crippen LogP contribution in [0.2, 0.25) is 0 Å². The molecule has 0 saturated carbocycles. The molecule has 2 aliphatic heterocycles. The molecule has 1 N–H and O–H groups in total. The first-order valence-electron chi connectivity index (χ1n) is 10.4. The first-order chi connectivity index (χ1) is 14.1. The number of likely N-dealkylation sites (tertiary alicyclic amines) is 1. The van der Waals surface area contributed by atoms with Crippen LogP contribution in [0.25, 0.3) is 22.4 Å². The van der Waals surface area contributed by atoms with E-state index >= 15 is 0 Å². The number of rotatable bonds is 2. The van der Waals surface area contributed by atoms with Crippen molar-refractivity contribution in [2.45, 2.75) is 26.7 Å². The van der Waals surface area contributed by atoms with Gasteiger partial charge in [-0.1, -0.05) is 35.0 Å². The van der Waals surface area contributed by atoms with Gasteiger partial charge in [-0.3, -0.25) is 4.79 Å². The summed E-state index contributed by atoms with van der Waals surface area (Å²) in [6.07, 6.45) is 2.12. The van der Waals surface area contributed by atoms with Crippen LogP contribution in [0.15, 0.2) is 34.9 Å². The molecule has 2 aromatic heterocycles. The minimum absolute atomic E-state index is 0. The normalized spacial score (nSPS) is 21.2. The van der Waals surface area contributed by atoms with E-state index in [1.807, 2.05) is 30.0 Å². The van der Waals surface area contributed by atoms with Gasteiger partial charge in [0.25, 0.3) is 11.6 Å². The molecule has 5 rings (SSSR count). The molecule has 1 aromatic carbocycles. The number of pyridine rings is 1. The van der Waals surface area contributed by atoms with Gasteiger partial charge < -0.3 is 14.7 Å². The maximum Gasteiger partial charge on any atom is 0.259 e. The number of fused-ring (bicyclic) bond motifs is 2. The molecular weight excluding hydrogens is 400 g/mol. The highest BCUT2D eigenvalue weighted by Gasteiger charge is 2.32. The van der Waals surface area contributed by atoms with Crippen LogP contribution in [-0.2, 0) is 0 Å². The lowest BCUT2D eigenvalue weighted by Gasteiger charge is -2.21. The molecule has 30 heavy (non-hydrogen) atoms. The fourth-order valence-corrected chi connectivity index (χ4v) is 4.73. The second kappa shape index (κ2) is 8.36. The summed E-state index contributed by atoms with van der Waals surface area (Å²) in [7, 11) is 0. The summed E-state index contributed by atoms with van der Waals surface area (Å²) >= 11 is 0. The van der Waals surface area contributed by atoms with Gasteiger partial charge in [0.05, 0.1) is 22.3 Å². The third kappa shape index (κ3) is 3.70. The van der Waals surface area contributed by atoms with E-state index in [-0.39, 0.29) is 18.3 Å². The number of amides is 1. The van der Waals surface area contributed by atoms with Crippen molar-refractivity contribution < 1.29 is 9.32 Å². The number of carbonyl (C=O) groups excluding carboxylic acids is 1. The van der Waals surface area contributed by atoms with Gasteiger partial charge >= 0.3 is 0 Å². The Labute approximate surface area is 182 Å². The number of nitrogens with zero attached hydrogens (tertiary/aromatic N) is 3. The van der Waals surface area contributed by atoms with Gasteiger partial charge in [0.1, 0.15) is 0 Å². The van der Waals surface area contributed by atoms with Crippen molar-refractivity contribution in [2.24, 2.45) is 11.8 Å². The van der Waals surface area contributed by atoms with Crippen molar-refractivity contribution >= 4 is 29.4 Å². The van der Waals surface area contributed by atoms with Crippen LogP contribution < -0.4 is 5.32 Å². The van der Waals surface area contributed by atoms with Gasteiger partial charge in [0.15, 0.2) is 0 Å². The molecule has 0 spiro atoms. The van der Waals surface area contributed by atoms with E-state index in [1.165, 1.54) is 5.56 Å². The summed E-state index contributed by atoms with van der Waals surface area (Å²) < 4.78 is 5.46. The van der Waals surface area contributed by atoms with Crippen molar-refractivity contribution in [2.75, 3.05) is 26.2 Å². The van der Waals surface area contributed by atoms with Crippen molar-refractivity contribution in [3.05, 3.63) is 47.2 Å². The standard InChI is InChI=1S/C23H26N4O2.ClH/c1-14-3-5-16(6-4-14)20-11-19(21-15(2)26-29-22(21)25-20)23(28)27-9-7-17-12-24-13-18(17)8-10-27;/h3-6,11,17-18,24H,7-10,12-13H2,1-2H3;1H/t17-,18+;. The van der Waals surface area contributed by atoms with Gasteiger partial charge in [-0.15, -0.1) is 12.4 Å². The zero-order valence-electron chi connectivity index (χ0n) is 17.4. The van der Waals surface area contributed by atoms with E-state index in [0.717, 1.165) is 55.7 Å². The molecule has 2 saturated heterocycles. The highest BCUT2D eigenvalue weighted by molar-refractivity contribution is 6.07. The first-order valence-corrected chi connectivity index (χ1v) is 10.4. The maximum atomic E-state index is 13.6. The summed E-state index contributed by atoms with van der Waals surface area (Å²) in [6, 6.07) is 10.1. The largest absolute Gasteiger partial charge is 0.339 e. The predicted octanol–water partition coefficient (Wildman–Crippen LogP) is 4.00. The fourth-order valence-electron chi connectivity index (χ4n) is 4.73. The molecule has 2 aliphatic rings. The second-order valence-corrected chi connectivity index (χ2v) is 8.42. The van der Waals surface area contributed by atoms with Crippen LogP contribution in [0.3, 0.4) is 0 Å². The third-order valence-corrected chi connectivity index (χ3v) is 6.50. The lowest BCUT2D eigenvalue weighted by Crippen LogP contribution is -2.33. The van der Waals surface area contributed by atoms with Crippen LogP contribution in [-0.4, -0.2) is 47.1 Å². The third-order valence-electron chi connectivity index (χ3n) is 6.50.